The number of nitrogens with one attached hydrogen (secondary N) is 2. The fraction of sp³-hybridized carbons (Fsp3) is 0.316. The van der Waals surface area contributed by atoms with Gasteiger partial charge in [-0.25, -0.2) is 14.3 Å². The summed E-state index contributed by atoms with van der Waals surface area (Å²) in [6.07, 6.45) is -9.03. The number of H-pyrrole nitrogens is 1. The Labute approximate surface area is 180 Å². The van der Waals surface area contributed by atoms with E-state index in [1.54, 1.807) is 13.8 Å². The van der Waals surface area contributed by atoms with Gasteiger partial charge < -0.3 is 5.11 Å². The zero-order valence-corrected chi connectivity index (χ0v) is 17.0. The average molecular weight is 474 g/mol. The van der Waals surface area contributed by atoms with Crippen molar-refractivity contribution in [2.45, 2.75) is 38.6 Å². The second kappa shape index (κ2) is 7.59. The van der Waals surface area contributed by atoms with Gasteiger partial charge in [0.25, 0.3) is 5.56 Å². The van der Waals surface area contributed by atoms with Crippen LogP contribution in [0.2, 0.25) is 0 Å². The fourth-order valence-corrected chi connectivity index (χ4v) is 3.36. The Hall–Kier alpha value is -3.39. The monoisotopic (exact) mass is 474 g/mol. The van der Waals surface area contributed by atoms with Crippen molar-refractivity contribution in [3.8, 4) is 5.69 Å². The predicted molar refractivity (Wildman–Crippen MR) is 105 cm³/mol. The number of halogens is 6. The minimum atomic E-state index is -5.07. The van der Waals surface area contributed by atoms with Crippen LogP contribution in [0.5, 0.6) is 0 Å². The standard InChI is InChI=1S/C19H16F6N6O2/c1-8(2)28-17(33)31-15-12(7-27-31)14-13(6-26-15)16(32)30(29-14)11-4-9(18(20,21)22)3-10(5-11)19(23,24)25/h3-8,17,28-29,33H,1-2H3. The number of hydrogen-bond donors (Lipinski definition) is 3. The lowest BCUT2D eigenvalue weighted by molar-refractivity contribution is -0.143. The predicted octanol–water partition coefficient (Wildman–Crippen LogP) is 3.55. The first-order valence-corrected chi connectivity index (χ1v) is 9.48. The Morgan fingerprint density at radius 1 is 1.00 bits per heavy atom. The number of fused-ring (bicyclic) bond motifs is 3. The van der Waals surface area contributed by atoms with Gasteiger partial charge in [-0.2, -0.15) is 31.4 Å². The van der Waals surface area contributed by atoms with Crippen LogP contribution >= 0.6 is 0 Å². The molecule has 3 N–H and O–H groups in total. The maximum Gasteiger partial charge on any atom is 0.416 e. The van der Waals surface area contributed by atoms with Crippen LogP contribution in [0, 0.1) is 0 Å². The molecular weight excluding hydrogens is 458 g/mol. The molecule has 33 heavy (non-hydrogen) atoms. The molecule has 0 saturated carbocycles. The molecule has 0 spiro atoms. The van der Waals surface area contributed by atoms with E-state index < -0.39 is 41.1 Å². The molecule has 4 rings (SSSR count). The van der Waals surface area contributed by atoms with Gasteiger partial charge in [0.15, 0.2) is 5.65 Å². The first-order valence-electron chi connectivity index (χ1n) is 9.48. The quantitative estimate of drug-likeness (QED) is 0.310. The third-order valence-corrected chi connectivity index (χ3v) is 4.83. The van der Waals surface area contributed by atoms with Crippen LogP contribution in [-0.4, -0.2) is 35.7 Å². The van der Waals surface area contributed by atoms with Crippen LogP contribution in [0.15, 0.2) is 35.4 Å². The number of alkyl halides is 6. The van der Waals surface area contributed by atoms with Crippen molar-refractivity contribution in [3.05, 3.63) is 52.1 Å². The van der Waals surface area contributed by atoms with Crippen molar-refractivity contribution in [2.24, 2.45) is 0 Å². The van der Waals surface area contributed by atoms with Crippen LogP contribution in [0.1, 0.15) is 31.3 Å². The Bertz CT molecular complexity index is 1370. The van der Waals surface area contributed by atoms with E-state index >= 15 is 0 Å². The topological polar surface area (TPSA) is 101 Å². The van der Waals surface area contributed by atoms with E-state index in [9.17, 15) is 36.2 Å². The fourth-order valence-electron chi connectivity index (χ4n) is 3.36. The zero-order valence-electron chi connectivity index (χ0n) is 17.0. The van der Waals surface area contributed by atoms with Crippen molar-refractivity contribution < 1.29 is 31.4 Å². The molecule has 1 aromatic carbocycles. The molecule has 1 atom stereocenters. The molecule has 0 aliphatic rings. The second-order valence-corrected chi connectivity index (χ2v) is 7.58. The maximum absolute atomic E-state index is 13.2. The summed E-state index contributed by atoms with van der Waals surface area (Å²) in [5.41, 5.74) is -4.45. The van der Waals surface area contributed by atoms with Crippen LogP contribution in [-0.2, 0) is 12.4 Å². The van der Waals surface area contributed by atoms with E-state index in [1.807, 2.05) is 0 Å². The van der Waals surface area contributed by atoms with Crippen LogP contribution < -0.4 is 10.9 Å². The highest BCUT2D eigenvalue weighted by Gasteiger charge is 2.37. The van der Waals surface area contributed by atoms with Crippen molar-refractivity contribution in [3.63, 3.8) is 0 Å². The van der Waals surface area contributed by atoms with Crippen LogP contribution in [0.4, 0.5) is 26.3 Å². The highest BCUT2D eigenvalue weighted by Crippen LogP contribution is 2.37. The Kier molecular flexibility index (Phi) is 5.24. The number of pyridine rings is 1. The summed E-state index contributed by atoms with van der Waals surface area (Å²) >= 11 is 0. The number of nitrogens with zero attached hydrogens (tertiary/aromatic N) is 4. The molecule has 4 aromatic rings. The van der Waals surface area contributed by atoms with Crippen molar-refractivity contribution in [1.82, 2.24) is 29.9 Å². The molecule has 1 unspecified atom stereocenters. The van der Waals surface area contributed by atoms with Gasteiger partial charge in [-0.15, -0.1) is 0 Å². The maximum atomic E-state index is 13.2. The van der Waals surface area contributed by atoms with Crippen molar-refractivity contribution in [1.29, 1.82) is 0 Å². The summed E-state index contributed by atoms with van der Waals surface area (Å²) in [6, 6.07) is 0.740. The largest absolute Gasteiger partial charge is 0.416 e. The minimum absolute atomic E-state index is 0.0237. The lowest BCUT2D eigenvalue weighted by Crippen LogP contribution is -2.32. The third kappa shape index (κ3) is 4.06. The van der Waals surface area contributed by atoms with E-state index in [0.29, 0.717) is 16.8 Å². The summed E-state index contributed by atoms with van der Waals surface area (Å²) in [5, 5.41) is 19.8. The summed E-state index contributed by atoms with van der Waals surface area (Å²) < 4.78 is 81.0. The molecule has 0 saturated heterocycles. The van der Waals surface area contributed by atoms with Gasteiger partial charge in [0.2, 0.25) is 6.35 Å². The highest BCUT2D eigenvalue weighted by molar-refractivity contribution is 6.01. The molecular formula is C19H16F6N6O2. The van der Waals surface area contributed by atoms with E-state index in [4.69, 9.17) is 0 Å². The van der Waals surface area contributed by atoms with Gasteiger partial charge in [-0.05, 0) is 32.0 Å². The molecule has 0 bridgehead atoms. The first kappa shape index (κ1) is 22.8. The van der Waals surface area contributed by atoms with Gasteiger partial charge >= 0.3 is 12.4 Å². The smallest absolute Gasteiger partial charge is 0.359 e. The normalized spacial score (nSPS) is 14.0. The van der Waals surface area contributed by atoms with Gasteiger partial charge in [-0.1, -0.05) is 0 Å². The molecule has 0 amide bonds. The number of aliphatic hydroxyl groups excluding tert-OH is 1. The Morgan fingerprint density at radius 3 is 2.15 bits per heavy atom. The lowest BCUT2D eigenvalue weighted by Gasteiger charge is -2.16. The molecule has 3 heterocycles. The van der Waals surface area contributed by atoms with Gasteiger partial charge in [0.1, 0.15) is 0 Å². The van der Waals surface area contributed by atoms with Gasteiger partial charge in [-0.3, -0.25) is 15.2 Å². The summed E-state index contributed by atoms with van der Waals surface area (Å²) in [6.45, 7) is 3.56. The molecule has 3 aromatic heterocycles. The van der Waals surface area contributed by atoms with Crippen LogP contribution in [0.3, 0.4) is 0 Å². The van der Waals surface area contributed by atoms with Crippen molar-refractivity contribution >= 4 is 21.9 Å². The number of aromatic nitrogens is 5. The Balaban J connectivity index is 1.93. The van der Waals surface area contributed by atoms with E-state index in [2.05, 4.69) is 20.5 Å². The number of benzene rings is 1. The lowest BCUT2D eigenvalue weighted by atomic mass is 10.1. The summed E-state index contributed by atoms with van der Waals surface area (Å²) in [4.78, 5) is 16.9. The molecule has 0 fully saturated rings. The summed E-state index contributed by atoms with van der Waals surface area (Å²) in [5.74, 6) is 0. The number of aromatic amines is 1. The van der Waals surface area contributed by atoms with E-state index in [1.165, 1.54) is 6.20 Å². The minimum Gasteiger partial charge on any atom is -0.359 e. The van der Waals surface area contributed by atoms with Crippen molar-refractivity contribution in [2.75, 3.05) is 0 Å². The molecule has 0 radical (unpaired) electrons. The summed E-state index contributed by atoms with van der Waals surface area (Å²) in [7, 11) is 0. The average Bonchev–Trinajstić information content (AvgIpc) is 3.27. The van der Waals surface area contributed by atoms with E-state index in [-0.39, 0.29) is 34.0 Å². The van der Waals surface area contributed by atoms with Gasteiger partial charge in [0.05, 0.1) is 39.3 Å². The molecule has 176 valence electrons. The number of aliphatic hydroxyl groups is 1. The third-order valence-electron chi connectivity index (χ3n) is 4.83. The molecule has 0 aliphatic carbocycles. The Morgan fingerprint density at radius 2 is 1.61 bits per heavy atom. The number of hydrogen-bond acceptors (Lipinski definition) is 5. The SMILES string of the molecule is CC(C)NC(O)n1ncc2c3[nH]n(-c4cc(C(F)(F)F)cc(C(F)(F)F)c4)c(=O)c3cnc21. The van der Waals surface area contributed by atoms with Crippen LogP contribution in [0.25, 0.3) is 27.6 Å². The highest BCUT2D eigenvalue weighted by atomic mass is 19.4. The molecule has 14 heteroatoms. The van der Waals surface area contributed by atoms with Gasteiger partial charge in [0, 0.05) is 12.2 Å². The molecule has 0 aliphatic heterocycles. The molecule has 8 nitrogen and oxygen atoms in total. The first-order chi connectivity index (χ1) is 15.3. The number of rotatable bonds is 4. The zero-order chi connectivity index (χ0) is 24.3. The van der Waals surface area contributed by atoms with E-state index in [0.717, 1.165) is 10.9 Å². The second-order valence-electron chi connectivity index (χ2n) is 7.58.